The lowest BCUT2D eigenvalue weighted by Crippen LogP contribution is -2.44. The van der Waals surface area contributed by atoms with Crippen molar-refractivity contribution in [2.24, 2.45) is 17.8 Å². The molecule has 0 radical (unpaired) electrons. The molecule has 1 aromatic rings. The van der Waals surface area contributed by atoms with Crippen LogP contribution in [0, 0.1) is 17.8 Å². The summed E-state index contributed by atoms with van der Waals surface area (Å²) in [5.74, 6) is 0.435. The Bertz CT molecular complexity index is 1040. The van der Waals surface area contributed by atoms with Gasteiger partial charge < -0.3 is 24.4 Å². The third-order valence-electron chi connectivity index (χ3n) is 8.14. The fourth-order valence-corrected chi connectivity index (χ4v) is 6.14. The van der Waals surface area contributed by atoms with Crippen molar-refractivity contribution in [2.45, 2.75) is 103 Å². The Morgan fingerprint density at radius 1 is 1.16 bits per heavy atom. The fourth-order valence-electron chi connectivity index (χ4n) is 6.14. The van der Waals surface area contributed by atoms with Gasteiger partial charge in [-0.3, -0.25) is 4.79 Å². The molecule has 8 atom stereocenters. The lowest BCUT2D eigenvalue weighted by Gasteiger charge is -2.43. The van der Waals surface area contributed by atoms with E-state index in [0.29, 0.717) is 31.4 Å². The summed E-state index contributed by atoms with van der Waals surface area (Å²) in [4.78, 5) is 25.2. The number of carbonyl (C=O) groups excluding carboxylic acids is 2. The minimum Gasteiger partial charge on any atom is -0.478 e. The van der Waals surface area contributed by atoms with Crippen molar-refractivity contribution in [2.75, 3.05) is 0 Å². The highest BCUT2D eigenvalue weighted by atomic mass is 16.6. The van der Waals surface area contributed by atoms with Gasteiger partial charge in [-0.2, -0.15) is 0 Å². The number of hydrogen-bond donors (Lipinski definition) is 2. The maximum absolute atomic E-state index is 13.4. The van der Waals surface area contributed by atoms with Gasteiger partial charge in [-0.25, -0.2) is 4.79 Å². The van der Waals surface area contributed by atoms with Crippen LogP contribution < -0.4 is 4.74 Å². The van der Waals surface area contributed by atoms with E-state index < -0.39 is 30.4 Å². The number of fused-ring (bicyclic) bond motifs is 1. The maximum atomic E-state index is 13.4. The average molecular weight is 527 g/mol. The van der Waals surface area contributed by atoms with E-state index in [1.807, 2.05) is 43.3 Å². The number of esters is 2. The molecular weight excluding hydrogens is 484 g/mol. The van der Waals surface area contributed by atoms with Gasteiger partial charge >= 0.3 is 11.9 Å². The quantitative estimate of drug-likeness (QED) is 0.443. The molecule has 2 aliphatic carbocycles. The van der Waals surface area contributed by atoms with Crippen LogP contribution in [0.1, 0.15) is 77.7 Å². The normalized spacial score (nSPS) is 31.7. The average Bonchev–Trinajstić information content (AvgIpc) is 2.86. The first-order chi connectivity index (χ1) is 18.2. The molecule has 1 heterocycles. The molecule has 7 nitrogen and oxygen atoms in total. The number of benzene rings is 1. The second-order valence-electron chi connectivity index (χ2n) is 11.3. The number of cyclic esters (lactones) is 1. The van der Waals surface area contributed by atoms with Crippen LogP contribution in [0.3, 0.4) is 0 Å². The van der Waals surface area contributed by atoms with Crippen LogP contribution in [0.5, 0.6) is 5.75 Å². The highest BCUT2D eigenvalue weighted by Crippen LogP contribution is 2.44. The van der Waals surface area contributed by atoms with Crippen LogP contribution in [0.15, 0.2) is 48.1 Å². The predicted octanol–water partition coefficient (Wildman–Crippen LogP) is 4.86. The largest absolute Gasteiger partial charge is 0.478 e. The summed E-state index contributed by atoms with van der Waals surface area (Å²) in [6.45, 7) is 8.22. The van der Waals surface area contributed by atoms with Crippen LogP contribution in [0.4, 0.5) is 0 Å². The summed E-state index contributed by atoms with van der Waals surface area (Å²) in [6, 6.07) is 7.76. The van der Waals surface area contributed by atoms with E-state index in [4.69, 9.17) is 14.2 Å². The zero-order valence-corrected chi connectivity index (χ0v) is 22.9. The third kappa shape index (κ3) is 6.67. The van der Waals surface area contributed by atoms with E-state index in [-0.39, 0.29) is 42.2 Å². The van der Waals surface area contributed by atoms with Gasteiger partial charge in [0.1, 0.15) is 18.0 Å². The molecule has 38 heavy (non-hydrogen) atoms. The van der Waals surface area contributed by atoms with Gasteiger partial charge in [0.15, 0.2) is 6.10 Å². The zero-order valence-electron chi connectivity index (χ0n) is 22.9. The van der Waals surface area contributed by atoms with E-state index in [9.17, 15) is 19.8 Å². The SMILES string of the molecule is CC[C@H](Oc1ccccc1C(C)C)C(=O)OC1CC(O)C=C2C=CC(C)C(CC[C@@H]3C[C@@H](O)CC(=O)O3)C21. The van der Waals surface area contributed by atoms with Crippen molar-refractivity contribution >= 4 is 11.9 Å². The zero-order chi connectivity index (χ0) is 27.4. The number of rotatable bonds is 9. The second-order valence-corrected chi connectivity index (χ2v) is 11.3. The molecule has 0 bridgehead atoms. The topological polar surface area (TPSA) is 102 Å². The van der Waals surface area contributed by atoms with Gasteiger partial charge in [-0.1, -0.05) is 64.1 Å². The van der Waals surface area contributed by atoms with Crippen molar-refractivity contribution in [3.05, 3.63) is 53.6 Å². The smallest absolute Gasteiger partial charge is 0.347 e. The predicted molar refractivity (Wildman–Crippen MR) is 143 cm³/mol. The van der Waals surface area contributed by atoms with E-state index in [0.717, 1.165) is 17.6 Å². The number of para-hydroxylation sites is 1. The number of aliphatic hydroxyl groups excluding tert-OH is 2. The maximum Gasteiger partial charge on any atom is 0.347 e. The molecule has 1 saturated heterocycles. The number of hydrogen-bond acceptors (Lipinski definition) is 7. The second kappa shape index (κ2) is 12.5. The molecule has 1 aromatic carbocycles. The minimum absolute atomic E-state index is 0.0484. The summed E-state index contributed by atoms with van der Waals surface area (Å²) in [5.41, 5.74) is 2.02. The van der Waals surface area contributed by atoms with E-state index in [1.165, 1.54) is 0 Å². The molecule has 2 N–H and O–H groups in total. The number of ether oxygens (including phenoxy) is 3. The van der Waals surface area contributed by atoms with Gasteiger partial charge in [0.25, 0.3) is 0 Å². The molecule has 208 valence electrons. The molecule has 5 unspecified atom stereocenters. The Morgan fingerprint density at radius 3 is 2.63 bits per heavy atom. The Hall–Kier alpha value is -2.64. The van der Waals surface area contributed by atoms with Crippen molar-refractivity contribution in [3.8, 4) is 5.75 Å². The minimum atomic E-state index is -0.750. The monoisotopic (exact) mass is 526 g/mol. The first-order valence-electron chi connectivity index (χ1n) is 14.1. The first-order valence-corrected chi connectivity index (χ1v) is 14.1. The standard InChI is InChI=1S/C31H42O7/c1-5-26(37-27-9-7-6-8-24(27)18(2)3)31(35)38-28-16-21(32)14-20-11-10-19(4)25(30(20)28)13-12-23-15-22(33)17-29(34)36-23/h6-11,14,18-19,21-23,25-26,28,30,32-33H,5,12-13,15-17H2,1-4H3/t19?,21?,22-,23-,25?,26+,28?,30?/m1/s1. The van der Waals surface area contributed by atoms with Crippen molar-refractivity contribution < 1.29 is 34.0 Å². The van der Waals surface area contributed by atoms with Crippen LogP contribution >= 0.6 is 0 Å². The van der Waals surface area contributed by atoms with Crippen LogP contribution in [0.2, 0.25) is 0 Å². The number of carbonyl (C=O) groups is 2. The molecule has 1 aliphatic heterocycles. The van der Waals surface area contributed by atoms with Gasteiger partial charge in [0, 0.05) is 18.8 Å². The molecule has 0 saturated carbocycles. The molecule has 3 aliphatic rings. The third-order valence-corrected chi connectivity index (χ3v) is 8.14. The molecule has 7 heteroatoms. The fraction of sp³-hybridized carbons (Fsp3) is 0.613. The van der Waals surface area contributed by atoms with Crippen LogP contribution in [0.25, 0.3) is 0 Å². The Kier molecular flexibility index (Phi) is 9.32. The number of allylic oxidation sites excluding steroid dienone is 2. The molecule has 0 spiro atoms. The van der Waals surface area contributed by atoms with Gasteiger partial charge in [-0.15, -0.1) is 0 Å². The summed E-state index contributed by atoms with van der Waals surface area (Å²) < 4.78 is 17.8. The van der Waals surface area contributed by atoms with Gasteiger partial charge in [-0.05, 0) is 54.2 Å². The summed E-state index contributed by atoms with van der Waals surface area (Å²) in [6.07, 6.45) is 5.77. The Labute approximate surface area is 225 Å². The highest BCUT2D eigenvalue weighted by Gasteiger charge is 2.43. The lowest BCUT2D eigenvalue weighted by atomic mass is 9.66. The lowest BCUT2D eigenvalue weighted by molar-refractivity contribution is -0.165. The van der Waals surface area contributed by atoms with Crippen LogP contribution in [-0.4, -0.2) is 52.7 Å². The molecular formula is C31H42O7. The summed E-state index contributed by atoms with van der Waals surface area (Å²) in [5, 5.41) is 20.6. The molecule has 0 aromatic heterocycles. The van der Waals surface area contributed by atoms with Crippen molar-refractivity contribution in [1.82, 2.24) is 0 Å². The first kappa shape index (κ1) is 28.4. The van der Waals surface area contributed by atoms with Crippen LogP contribution in [-0.2, 0) is 19.1 Å². The van der Waals surface area contributed by atoms with Crippen molar-refractivity contribution in [3.63, 3.8) is 0 Å². The number of aliphatic hydroxyl groups is 2. The Balaban J connectivity index is 1.49. The van der Waals surface area contributed by atoms with E-state index in [2.05, 4.69) is 26.8 Å². The molecule has 0 amide bonds. The van der Waals surface area contributed by atoms with Crippen molar-refractivity contribution in [1.29, 1.82) is 0 Å². The summed E-state index contributed by atoms with van der Waals surface area (Å²) >= 11 is 0. The molecule has 4 rings (SSSR count). The van der Waals surface area contributed by atoms with Gasteiger partial charge in [0.05, 0.1) is 18.6 Å². The van der Waals surface area contributed by atoms with E-state index in [1.54, 1.807) is 0 Å². The van der Waals surface area contributed by atoms with Gasteiger partial charge in [0.2, 0.25) is 0 Å². The molecule has 1 fully saturated rings. The summed E-state index contributed by atoms with van der Waals surface area (Å²) in [7, 11) is 0. The van der Waals surface area contributed by atoms with E-state index >= 15 is 0 Å². The Morgan fingerprint density at radius 2 is 1.92 bits per heavy atom. The highest BCUT2D eigenvalue weighted by molar-refractivity contribution is 5.75.